The van der Waals surface area contributed by atoms with Crippen molar-refractivity contribution in [3.05, 3.63) is 11.1 Å². The van der Waals surface area contributed by atoms with E-state index in [4.69, 9.17) is 4.74 Å². The zero-order valence-electron chi connectivity index (χ0n) is 8.72. The van der Waals surface area contributed by atoms with Gasteiger partial charge in [-0.3, -0.25) is 4.79 Å². The van der Waals surface area contributed by atoms with E-state index in [-0.39, 0.29) is 11.9 Å². The van der Waals surface area contributed by atoms with E-state index < -0.39 is 0 Å². The lowest BCUT2D eigenvalue weighted by atomic mass is 10.2. The fraction of sp³-hybridized carbons (Fsp3) is 0.727. The summed E-state index contributed by atoms with van der Waals surface area (Å²) >= 11 is 0. The van der Waals surface area contributed by atoms with E-state index in [9.17, 15) is 4.79 Å². The van der Waals surface area contributed by atoms with Crippen LogP contribution in [0.2, 0.25) is 0 Å². The second kappa shape index (κ2) is 4.45. The Morgan fingerprint density at radius 2 is 1.69 bits per heavy atom. The number of hydrogen-bond donors (Lipinski definition) is 0. The van der Waals surface area contributed by atoms with E-state index in [0.717, 1.165) is 25.7 Å². The molecule has 0 aromatic rings. The Balaban J connectivity index is 2.50. The fourth-order valence-electron chi connectivity index (χ4n) is 1.87. The molecule has 0 spiro atoms. The second-order valence-electron chi connectivity index (χ2n) is 3.51. The zero-order valence-corrected chi connectivity index (χ0v) is 8.72. The average molecular weight is 182 g/mol. The highest BCUT2D eigenvalue weighted by Crippen LogP contribution is 2.45. The molecule has 0 amide bonds. The van der Waals surface area contributed by atoms with Gasteiger partial charge in [0.1, 0.15) is 0 Å². The van der Waals surface area contributed by atoms with E-state index >= 15 is 0 Å². The molecule has 0 N–H and O–H groups in total. The molecule has 2 nitrogen and oxygen atoms in total. The first-order valence-electron chi connectivity index (χ1n) is 5.05. The summed E-state index contributed by atoms with van der Waals surface area (Å²) in [5.41, 5.74) is 2.69. The molecule has 0 unspecified atom stereocenters. The number of carbonyl (C=O) groups excluding carboxylic acids is 1. The molecule has 0 aliphatic heterocycles. The SMILES string of the molecule is CCCC1=C(CCC)C1C(=O)OC. The summed E-state index contributed by atoms with van der Waals surface area (Å²) in [6.07, 6.45) is 4.37. The number of rotatable bonds is 5. The Labute approximate surface area is 80.0 Å². The van der Waals surface area contributed by atoms with Crippen LogP contribution in [0.1, 0.15) is 39.5 Å². The number of methoxy groups -OCH3 is 1. The van der Waals surface area contributed by atoms with Crippen molar-refractivity contribution in [3.8, 4) is 0 Å². The lowest BCUT2D eigenvalue weighted by Crippen LogP contribution is -2.06. The smallest absolute Gasteiger partial charge is 0.316 e. The molecule has 2 heteroatoms. The highest BCUT2D eigenvalue weighted by atomic mass is 16.5. The fourth-order valence-corrected chi connectivity index (χ4v) is 1.87. The predicted molar refractivity (Wildman–Crippen MR) is 52.3 cm³/mol. The standard InChI is InChI=1S/C11H18O2/c1-4-6-8-9(7-5-2)10(8)11(12)13-3/h10H,4-7H2,1-3H3. The van der Waals surface area contributed by atoms with Crippen molar-refractivity contribution in [2.75, 3.05) is 7.11 Å². The van der Waals surface area contributed by atoms with Crippen LogP contribution in [0.25, 0.3) is 0 Å². The monoisotopic (exact) mass is 182 g/mol. The van der Waals surface area contributed by atoms with E-state index in [0.29, 0.717) is 0 Å². The highest BCUT2D eigenvalue weighted by molar-refractivity contribution is 5.85. The van der Waals surface area contributed by atoms with Gasteiger partial charge in [0.15, 0.2) is 0 Å². The topological polar surface area (TPSA) is 26.3 Å². The summed E-state index contributed by atoms with van der Waals surface area (Å²) in [7, 11) is 1.47. The van der Waals surface area contributed by atoms with Crippen LogP contribution in [0.3, 0.4) is 0 Å². The van der Waals surface area contributed by atoms with Gasteiger partial charge in [-0.2, -0.15) is 0 Å². The molecule has 0 fully saturated rings. The van der Waals surface area contributed by atoms with Crippen molar-refractivity contribution in [1.29, 1.82) is 0 Å². The van der Waals surface area contributed by atoms with Crippen LogP contribution in [0.5, 0.6) is 0 Å². The maximum absolute atomic E-state index is 11.3. The molecule has 0 saturated heterocycles. The van der Waals surface area contributed by atoms with Crippen LogP contribution in [0, 0.1) is 5.92 Å². The van der Waals surface area contributed by atoms with Gasteiger partial charge in [-0.25, -0.2) is 0 Å². The van der Waals surface area contributed by atoms with Crippen LogP contribution in [-0.4, -0.2) is 13.1 Å². The molecule has 1 rings (SSSR count). The molecule has 0 radical (unpaired) electrons. The molecule has 0 aromatic heterocycles. The number of esters is 1. The van der Waals surface area contributed by atoms with Crippen molar-refractivity contribution in [1.82, 2.24) is 0 Å². The maximum Gasteiger partial charge on any atom is 0.316 e. The Kier molecular flexibility index (Phi) is 3.52. The van der Waals surface area contributed by atoms with Crippen molar-refractivity contribution < 1.29 is 9.53 Å². The van der Waals surface area contributed by atoms with E-state index in [1.54, 1.807) is 0 Å². The minimum absolute atomic E-state index is 0.0601. The molecular weight excluding hydrogens is 164 g/mol. The Bertz CT molecular complexity index is 212. The van der Waals surface area contributed by atoms with E-state index in [1.807, 2.05) is 0 Å². The van der Waals surface area contributed by atoms with E-state index in [2.05, 4.69) is 13.8 Å². The van der Waals surface area contributed by atoms with Gasteiger partial charge >= 0.3 is 5.97 Å². The lowest BCUT2D eigenvalue weighted by molar-refractivity contribution is -0.141. The summed E-state index contributed by atoms with van der Waals surface area (Å²) in [5.74, 6) is -0.00296. The van der Waals surface area contributed by atoms with Crippen molar-refractivity contribution >= 4 is 5.97 Å². The molecule has 74 valence electrons. The van der Waals surface area contributed by atoms with Gasteiger partial charge in [-0.05, 0) is 12.8 Å². The molecular formula is C11H18O2. The quantitative estimate of drug-likeness (QED) is 0.482. The first-order valence-corrected chi connectivity index (χ1v) is 5.05. The third-order valence-corrected chi connectivity index (χ3v) is 2.50. The molecule has 0 saturated carbocycles. The molecule has 13 heavy (non-hydrogen) atoms. The maximum atomic E-state index is 11.3. The van der Waals surface area contributed by atoms with Crippen molar-refractivity contribution in [3.63, 3.8) is 0 Å². The van der Waals surface area contributed by atoms with Crippen LogP contribution in [0.4, 0.5) is 0 Å². The van der Waals surface area contributed by atoms with Gasteiger partial charge in [-0.1, -0.05) is 37.8 Å². The summed E-state index contributed by atoms with van der Waals surface area (Å²) in [6, 6.07) is 0. The molecule has 0 heterocycles. The Hall–Kier alpha value is -0.790. The van der Waals surface area contributed by atoms with Gasteiger partial charge in [0.05, 0.1) is 13.0 Å². The average Bonchev–Trinajstić information content (AvgIpc) is 2.79. The Morgan fingerprint density at radius 1 is 1.23 bits per heavy atom. The summed E-state index contributed by atoms with van der Waals surface area (Å²) < 4.78 is 4.75. The minimum Gasteiger partial charge on any atom is -0.468 e. The molecule has 0 bridgehead atoms. The largest absolute Gasteiger partial charge is 0.468 e. The van der Waals surface area contributed by atoms with Crippen molar-refractivity contribution in [2.24, 2.45) is 5.92 Å². The number of hydrogen-bond acceptors (Lipinski definition) is 2. The zero-order chi connectivity index (χ0) is 9.84. The minimum atomic E-state index is -0.0631. The van der Waals surface area contributed by atoms with Crippen LogP contribution < -0.4 is 0 Å². The van der Waals surface area contributed by atoms with Gasteiger partial charge < -0.3 is 4.74 Å². The molecule has 0 atom stereocenters. The third-order valence-electron chi connectivity index (χ3n) is 2.50. The summed E-state index contributed by atoms with van der Waals surface area (Å²) in [5, 5.41) is 0. The number of ether oxygens (including phenoxy) is 1. The predicted octanol–water partition coefficient (Wildman–Crippen LogP) is 2.69. The first-order chi connectivity index (χ1) is 6.26. The normalized spacial score (nSPS) is 16.2. The van der Waals surface area contributed by atoms with Crippen molar-refractivity contribution in [2.45, 2.75) is 39.5 Å². The lowest BCUT2D eigenvalue weighted by Gasteiger charge is -1.98. The Morgan fingerprint density at radius 3 is 2.00 bits per heavy atom. The van der Waals surface area contributed by atoms with Crippen LogP contribution in [0.15, 0.2) is 11.1 Å². The second-order valence-corrected chi connectivity index (χ2v) is 3.51. The van der Waals surface area contributed by atoms with E-state index in [1.165, 1.54) is 18.3 Å². The molecule has 1 aliphatic carbocycles. The van der Waals surface area contributed by atoms with Gasteiger partial charge in [0.2, 0.25) is 0 Å². The first kappa shape index (κ1) is 10.3. The van der Waals surface area contributed by atoms with Crippen LogP contribution in [-0.2, 0) is 9.53 Å². The number of carbonyl (C=O) groups is 1. The molecule has 1 aliphatic rings. The third kappa shape index (κ3) is 2.11. The summed E-state index contributed by atoms with van der Waals surface area (Å²) in [6.45, 7) is 4.28. The van der Waals surface area contributed by atoms with Gasteiger partial charge in [0.25, 0.3) is 0 Å². The van der Waals surface area contributed by atoms with Gasteiger partial charge in [-0.15, -0.1) is 0 Å². The molecule has 0 aromatic carbocycles. The summed E-state index contributed by atoms with van der Waals surface area (Å²) in [4.78, 5) is 11.3. The van der Waals surface area contributed by atoms with Crippen LogP contribution >= 0.6 is 0 Å². The highest BCUT2D eigenvalue weighted by Gasteiger charge is 2.40. The van der Waals surface area contributed by atoms with Gasteiger partial charge in [0, 0.05) is 0 Å².